The SMILES string of the molecule is CCc1nc(Cl)c(C)c(OC2CCCC(C)C2)n1. The first-order valence-corrected chi connectivity index (χ1v) is 7.17. The second-order valence-electron chi connectivity index (χ2n) is 5.23. The smallest absolute Gasteiger partial charge is 0.221 e. The van der Waals surface area contributed by atoms with Crippen LogP contribution in [0.1, 0.15) is 50.9 Å². The zero-order valence-electron chi connectivity index (χ0n) is 11.4. The maximum Gasteiger partial charge on any atom is 0.221 e. The van der Waals surface area contributed by atoms with Gasteiger partial charge in [0.25, 0.3) is 0 Å². The van der Waals surface area contributed by atoms with Crippen LogP contribution >= 0.6 is 11.6 Å². The van der Waals surface area contributed by atoms with Crippen LogP contribution in [-0.4, -0.2) is 16.1 Å². The minimum atomic E-state index is 0.281. The minimum Gasteiger partial charge on any atom is -0.474 e. The Morgan fingerprint density at radius 2 is 2.11 bits per heavy atom. The van der Waals surface area contributed by atoms with Gasteiger partial charge in [0.15, 0.2) is 0 Å². The van der Waals surface area contributed by atoms with E-state index in [0.29, 0.717) is 11.0 Å². The molecule has 0 radical (unpaired) electrons. The average molecular weight is 269 g/mol. The van der Waals surface area contributed by atoms with E-state index in [1.54, 1.807) is 0 Å². The molecule has 100 valence electrons. The van der Waals surface area contributed by atoms with Crippen molar-refractivity contribution in [3.05, 3.63) is 16.5 Å². The Morgan fingerprint density at radius 3 is 2.78 bits per heavy atom. The lowest BCUT2D eigenvalue weighted by atomic mass is 9.89. The van der Waals surface area contributed by atoms with Gasteiger partial charge in [-0.2, -0.15) is 4.98 Å². The van der Waals surface area contributed by atoms with E-state index < -0.39 is 0 Å². The van der Waals surface area contributed by atoms with E-state index in [1.807, 2.05) is 13.8 Å². The molecule has 0 aromatic carbocycles. The fourth-order valence-electron chi connectivity index (χ4n) is 2.43. The number of ether oxygens (including phenoxy) is 1. The molecule has 1 aromatic heterocycles. The van der Waals surface area contributed by atoms with E-state index in [0.717, 1.165) is 36.6 Å². The molecule has 0 bridgehead atoms. The van der Waals surface area contributed by atoms with Crippen molar-refractivity contribution in [1.82, 2.24) is 9.97 Å². The Hall–Kier alpha value is -0.830. The van der Waals surface area contributed by atoms with Gasteiger partial charge in [-0.25, -0.2) is 4.98 Å². The average Bonchev–Trinajstić information content (AvgIpc) is 2.34. The van der Waals surface area contributed by atoms with Gasteiger partial charge >= 0.3 is 0 Å². The zero-order valence-corrected chi connectivity index (χ0v) is 12.1. The molecule has 1 saturated carbocycles. The number of aryl methyl sites for hydroxylation is 1. The summed E-state index contributed by atoms with van der Waals surface area (Å²) in [5, 5.41) is 0.515. The summed E-state index contributed by atoms with van der Waals surface area (Å²) >= 11 is 6.11. The predicted molar refractivity (Wildman–Crippen MR) is 73.2 cm³/mol. The summed E-state index contributed by atoms with van der Waals surface area (Å²) in [5.74, 6) is 2.17. The van der Waals surface area contributed by atoms with Gasteiger partial charge in [0.2, 0.25) is 5.88 Å². The maximum absolute atomic E-state index is 6.11. The topological polar surface area (TPSA) is 35.0 Å². The van der Waals surface area contributed by atoms with Crippen LogP contribution in [0.4, 0.5) is 0 Å². The second kappa shape index (κ2) is 5.87. The first-order chi connectivity index (χ1) is 8.60. The Bertz CT molecular complexity index is 423. The van der Waals surface area contributed by atoms with Crippen molar-refractivity contribution in [2.75, 3.05) is 0 Å². The van der Waals surface area contributed by atoms with E-state index in [-0.39, 0.29) is 6.10 Å². The van der Waals surface area contributed by atoms with E-state index in [4.69, 9.17) is 16.3 Å². The third-order valence-electron chi connectivity index (χ3n) is 3.57. The highest BCUT2D eigenvalue weighted by atomic mass is 35.5. The van der Waals surface area contributed by atoms with Crippen molar-refractivity contribution in [1.29, 1.82) is 0 Å². The number of nitrogens with zero attached hydrogens (tertiary/aromatic N) is 2. The molecule has 2 unspecified atom stereocenters. The highest BCUT2D eigenvalue weighted by molar-refractivity contribution is 6.30. The summed E-state index contributed by atoms with van der Waals surface area (Å²) in [6, 6.07) is 0. The van der Waals surface area contributed by atoms with Gasteiger partial charge in [-0.3, -0.25) is 0 Å². The molecule has 1 aliphatic rings. The van der Waals surface area contributed by atoms with E-state index in [2.05, 4.69) is 16.9 Å². The Labute approximate surface area is 114 Å². The molecule has 1 fully saturated rings. The normalized spacial score (nSPS) is 24.0. The molecule has 0 amide bonds. The standard InChI is InChI=1S/C14H21ClN2O/c1-4-12-16-13(15)10(3)14(17-12)18-11-7-5-6-9(2)8-11/h9,11H,4-8H2,1-3H3. The third-order valence-corrected chi connectivity index (χ3v) is 3.94. The van der Waals surface area contributed by atoms with Crippen molar-refractivity contribution in [3.63, 3.8) is 0 Å². The molecular weight excluding hydrogens is 248 g/mol. The fourth-order valence-corrected chi connectivity index (χ4v) is 2.61. The quantitative estimate of drug-likeness (QED) is 0.779. The molecule has 3 nitrogen and oxygen atoms in total. The molecule has 18 heavy (non-hydrogen) atoms. The number of halogens is 1. The highest BCUT2D eigenvalue weighted by Crippen LogP contribution is 2.29. The molecule has 2 rings (SSSR count). The highest BCUT2D eigenvalue weighted by Gasteiger charge is 2.22. The van der Waals surface area contributed by atoms with Crippen molar-refractivity contribution >= 4 is 11.6 Å². The Kier molecular flexibility index (Phi) is 4.44. The third kappa shape index (κ3) is 3.14. The van der Waals surface area contributed by atoms with Crippen LogP contribution in [0.15, 0.2) is 0 Å². The van der Waals surface area contributed by atoms with E-state index >= 15 is 0 Å². The summed E-state index contributed by atoms with van der Waals surface area (Å²) in [7, 11) is 0. The fraction of sp³-hybridized carbons (Fsp3) is 0.714. The van der Waals surface area contributed by atoms with Gasteiger partial charge in [-0.1, -0.05) is 31.9 Å². The van der Waals surface area contributed by atoms with Crippen molar-refractivity contribution < 1.29 is 4.74 Å². The largest absolute Gasteiger partial charge is 0.474 e. The first-order valence-electron chi connectivity index (χ1n) is 6.79. The van der Waals surface area contributed by atoms with E-state index in [1.165, 1.54) is 12.8 Å². The van der Waals surface area contributed by atoms with Crippen LogP contribution in [0.5, 0.6) is 5.88 Å². The molecule has 0 N–H and O–H groups in total. The van der Waals surface area contributed by atoms with Gasteiger partial charge in [-0.15, -0.1) is 0 Å². The molecular formula is C14H21ClN2O. The lowest BCUT2D eigenvalue weighted by molar-refractivity contribution is 0.122. The molecule has 1 aromatic rings. The van der Waals surface area contributed by atoms with Gasteiger partial charge in [-0.05, 0) is 32.1 Å². The molecule has 0 saturated heterocycles. The minimum absolute atomic E-state index is 0.281. The van der Waals surface area contributed by atoms with Crippen LogP contribution in [0.25, 0.3) is 0 Å². The summed E-state index contributed by atoms with van der Waals surface area (Å²) in [4.78, 5) is 8.69. The number of rotatable bonds is 3. The second-order valence-corrected chi connectivity index (χ2v) is 5.58. The Balaban J connectivity index is 2.14. The first kappa shape index (κ1) is 13.6. The van der Waals surface area contributed by atoms with Gasteiger partial charge in [0.1, 0.15) is 17.1 Å². The summed E-state index contributed by atoms with van der Waals surface area (Å²) in [6.45, 7) is 6.23. The molecule has 0 spiro atoms. The predicted octanol–water partition coefficient (Wildman–Crippen LogP) is 3.96. The number of aromatic nitrogens is 2. The van der Waals surface area contributed by atoms with Crippen LogP contribution in [0.2, 0.25) is 5.15 Å². The number of hydrogen-bond donors (Lipinski definition) is 0. The molecule has 2 atom stereocenters. The lowest BCUT2D eigenvalue weighted by Gasteiger charge is -2.27. The monoisotopic (exact) mass is 268 g/mol. The van der Waals surface area contributed by atoms with Crippen LogP contribution in [0.3, 0.4) is 0 Å². The maximum atomic E-state index is 6.11. The molecule has 1 heterocycles. The van der Waals surface area contributed by atoms with Gasteiger partial charge in [0, 0.05) is 12.0 Å². The zero-order chi connectivity index (χ0) is 13.1. The lowest BCUT2D eigenvalue weighted by Crippen LogP contribution is -2.25. The van der Waals surface area contributed by atoms with Crippen molar-refractivity contribution in [2.24, 2.45) is 5.92 Å². The number of hydrogen-bond acceptors (Lipinski definition) is 3. The van der Waals surface area contributed by atoms with Crippen LogP contribution in [0, 0.1) is 12.8 Å². The molecule has 0 aliphatic heterocycles. The summed E-state index contributed by atoms with van der Waals surface area (Å²) in [6.07, 6.45) is 5.84. The summed E-state index contributed by atoms with van der Waals surface area (Å²) < 4.78 is 6.04. The molecule has 1 aliphatic carbocycles. The van der Waals surface area contributed by atoms with Crippen LogP contribution in [-0.2, 0) is 6.42 Å². The van der Waals surface area contributed by atoms with Gasteiger partial charge in [0.05, 0.1) is 0 Å². The summed E-state index contributed by atoms with van der Waals surface area (Å²) in [5.41, 5.74) is 0.854. The van der Waals surface area contributed by atoms with Crippen molar-refractivity contribution in [3.8, 4) is 5.88 Å². The van der Waals surface area contributed by atoms with Gasteiger partial charge < -0.3 is 4.74 Å². The van der Waals surface area contributed by atoms with E-state index in [9.17, 15) is 0 Å². The van der Waals surface area contributed by atoms with Crippen LogP contribution < -0.4 is 4.74 Å². The van der Waals surface area contributed by atoms with Crippen molar-refractivity contribution in [2.45, 2.75) is 59.0 Å². The Morgan fingerprint density at radius 1 is 1.33 bits per heavy atom. The molecule has 4 heteroatoms.